The molecule has 1 atom stereocenters. The quantitative estimate of drug-likeness (QED) is 0.865. The van der Waals surface area contributed by atoms with Gasteiger partial charge in [0.25, 0.3) is 0 Å². The fourth-order valence-corrected chi connectivity index (χ4v) is 2.85. The van der Waals surface area contributed by atoms with Gasteiger partial charge in [-0.2, -0.15) is 0 Å². The Balaban J connectivity index is 1.62. The van der Waals surface area contributed by atoms with Crippen LogP contribution in [0.1, 0.15) is 24.8 Å². The summed E-state index contributed by atoms with van der Waals surface area (Å²) in [6, 6.07) is 3.96. The summed E-state index contributed by atoms with van der Waals surface area (Å²) in [6.45, 7) is 4.84. The van der Waals surface area contributed by atoms with E-state index in [1.54, 1.807) is 6.20 Å². The number of hydrogen-bond acceptors (Lipinski definition) is 4. The van der Waals surface area contributed by atoms with Crippen LogP contribution in [0.2, 0.25) is 0 Å². The Labute approximate surface area is 108 Å². The minimum absolute atomic E-state index is 0.0553. The van der Waals surface area contributed by atoms with Gasteiger partial charge in [0.15, 0.2) is 0 Å². The Morgan fingerprint density at radius 3 is 3.06 bits per heavy atom. The largest absolute Gasteiger partial charge is 0.472 e. The summed E-state index contributed by atoms with van der Waals surface area (Å²) in [7, 11) is 0. The molecule has 4 nitrogen and oxygen atoms in total. The molecule has 1 aromatic heterocycles. The molecule has 1 aromatic rings. The Bertz CT molecular complexity index is 416. The monoisotopic (exact) mass is 248 g/mol. The maximum Gasteiger partial charge on any atom is 0.213 e. The summed E-state index contributed by atoms with van der Waals surface area (Å²) >= 11 is 0. The third kappa shape index (κ3) is 2.49. The lowest BCUT2D eigenvalue weighted by atomic mass is 9.89. The molecule has 2 aliphatic rings. The molecule has 2 aliphatic heterocycles. The molecule has 0 aromatic carbocycles. The highest BCUT2D eigenvalue weighted by atomic mass is 16.6. The minimum atomic E-state index is 0.0553. The molecule has 0 bridgehead atoms. The molecule has 1 N–H and O–H groups in total. The molecule has 1 unspecified atom stereocenters. The summed E-state index contributed by atoms with van der Waals surface area (Å²) in [5, 5.41) is 3.37. The molecule has 98 valence electrons. The number of aromatic nitrogens is 1. The highest BCUT2D eigenvalue weighted by Gasteiger charge is 2.42. The van der Waals surface area contributed by atoms with Crippen LogP contribution in [0.15, 0.2) is 18.3 Å². The van der Waals surface area contributed by atoms with Crippen molar-refractivity contribution >= 4 is 0 Å². The van der Waals surface area contributed by atoms with Crippen LogP contribution in [0.25, 0.3) is 0 Å². The van der Waals surface area contributed by atoms with Gasteiger partial charge in [-0.25, -0.2) is 4.98 Å². The Hall–Kier alpha value is -1.13. The fourth-order valence-electron chi connectivity index (χ4n) is 2.85. The summed E-state index contributed by atoms with van der Waals surface area (Å²) in [4.78, 5) is 4.25. The third-order valence-corrected chi connectivity index (χ3v) is 3.87. The van der Waals surface area contributed by atoms with Crippen molar-refractivity contribution in [2.45, 2.75) is 37.9 Å². The number of nitrogens with one attached hydrogen (secondary N) is 1. The van der Waals surface area contributed by atoms with Crippen molar-refractivity contribution in [1.29, 1.82) is 0 Å². The van der Waals surface area contributed by atoms with E-state index in [9.17, 15) is 0 Å². The van der Waals surface area contributed by atoms with Gasteiger partial charge in [-0.1, -0.05) is 0 Å². The molecule has 2 fully saturated rings. The third-order valence-electron chi connectivity index (χ3n) is 3.87. The standard InChI is InChI=1S/C14H20N2O2/c1-11-2-5-16-13(8-11)18-12-9-14(17-10-12)3-6-15-7-4-14/h2,5,8,12,15H,3-4,6-7,9-10H2,1H3. The van der Waals surface area contributed by atoms with Crippen LogP contribution in [0.5, 0.6) is 5.88 Å². The number of rotatable bonds is 2. The molecular formula is C14H20N2O2. The molecule has 1 spiro atoms. The van der Waals surface area contributed by atoms with Crippen LogP contribution in [-0.2, 0) is 4.74 Å². The predicted molar refractivity (Wildman–Crippen MR) is 68.8 cm³/mol. The van der Waals surface area contributed by atoms with Gasteiger partial charge in [0.05, 0.1) is 12.2 Å². The van der Waals surface area contributed by atoms with E-state index in [4.69, 9.17) is 9.47 Å². The van der Waals surface area contributed by atoms with E-state index >= 15 is 0 Å². The van der Waals surface area contributed by atoms with E-state index in [1.165, 1.54) is 5.56 Å². The van der Waals surface area contributed by atoms with Gasteiger partial charge in [-0.05, 0) is 44.5 Å². The molecular weight excluding hydrogens is 228 g/mol. The van der Waals surface area contributed by atoms with Crippen LogP contribution in [-0.4, -0.2) is 36.4 Å². The molecule has 18 heavy (non-hydrogen) atoms. The van der Waals surface area contributed by atoms with Crippen molar-refractivity contribution in [3.63, 3.8) is 0 Å². The molecule has 0 saturated carbocycles. The van der Waals surface area contributed by atoms with E-state index in [-0.39, 0.29) is 11.7 Å². The van der Waals surface area contributed by atoms with Crippen molar-refractivity contribution in [2.24, 2.45) is 0 Å². The zero-order chi connectivity index (χ0) is 12.4. The first-order chi connectivity index (χ1) is 8.76. The molecule has 4 heteroatoms. The summed E-state index contributed by atoms with van der Waals surface area (Å²) in [5.74, 6) is 0.717. The fraction of sp³-hybridized carbons (Fsp3) is 0.643. The minimum Gasteiger partial charge on any atom is -0.472 e. The maximum atomic E-state index is 6.00. The second kappa shape index (κ2) is 4.86. The maximum absolute atomic E-state index is 6.00. The summed E-state index contributed by atoms with van der Waals surface area (Å²) < 4.78 is 11.9. The topological polar surface area (TPSA) is 43.4 Å². The first-order valence-corrected chi connectivity index (χ1v) is 6.70. The number of nitrogens with zero attached hydrogens (tertiary/aromatic N) is 1. The van der Waals surface area contributed by atoms with Gasteiger partial charge in [0, 0.05) is 18.7 Å². The number of ether oxygens (including phenoxy) is 2. The van der Waals surface area contributed by atoms with Gasteiger partial charge >= 0.3 is 0 Å². The zero-order valence-corrected chi connectivity index (χ0v) is 10.8. The van der Waals surface area contributed by atoms with Crippen LogP contribution in [0, 0.1) is 6.92 Å². The molecule has 0 radical (unpaired) electrons. The number of pyridine rings is 1. The van der Waals surface area contributed by atoms with Gasteiger partial charge in [-0.15, -0.1) is 0 Å². The van der Waals surface area contributed by atoms with Crippen molar-refractivity contribution in [3.05, 3.63) is 23.9 Å². The second-order valence-electron chi connectivity index (χ2n) is 5.36. The average molecular weight is 248 g/mol. The van der Waals surface area contributed by atoms with Crippen LogP contribution in [0.3, 0.4) is 0 Å². The second-order valence-corrected chi connectivity index (χ2v) is 5.36. The van der Waals surface area contributed by atoms with Crippen LogP contribution in [0.4, 0.5) is 0 Å². The molecule has 3 rings (SSSR count). The SMILES string of the molecule is Cc1ccnc(OC2COC3(CCNCC3)C2)c1. The average Bonchev–Trinajstić information content (AvgIpc) is 2.73. The van der Waals surface area contributed by atoms with Gasteiger partial charge in [-0.3, -0.25) is 0 Å². The van der Waals surface area contributed by atoms with Crippen molar-refractivity contribution in [1.82, 2.24) is 10.3 Å². The Morgan fingerprint density at radius 1 is 1.44 bits per heavy atom. The van der Waals surface area contributed by atoms with E-state index in [1.807, 2.05) is 19.1 Å². The van der Waals surface area contributed by atoms with Crippen molar-refractivity contribution in [2.75, 3.05) is 19.7 Å². The van der Waals surface area contributed by atoms with Crippen molar-refractivity contribution < 1.29 is 9.47 Å². The lowest BCUT2D eigenvalue weighted by Gasteiger charge is -2.32. The number of piperidine rings is 1. The molecule has 0 aliphatic carbocycles. The van der Waals surface area contributed by atoms with Gasteiger partial charge in [0.1, 0.15) is 6.10 Å². The first-order valence-electron chi connectivity index (χ1n) is 6.70. The van der Waals surface area contributed by atoms with E-state index in [0.717, 1.165) is 38.2 Å². The van der Waals surface area contributed by atoms with E-state index < -0.39 is 0 Å². The highest BCUT2D eigenvalue weighted by molar-refractivity contribution is 5.19. The van der Waals surface area contributed by atoms with Crippen LogP contribution >= 0.6 is 0 Å². The molecule has 3 heterocycles. The normalized spacial score (nSPS) is 26.4. The number of aryl methyl sites for hydroxylation is 1. The summed E-state index contributed by atoms with van der Waals surface area (Å²) in [6.07, 6.45) is 5.12. The lowest BCUT2D eigenvalue weighted by Crippen LogP contribution is -2.41. The van der Waals surface area contributed by atoms with Crippen LogP contribution < -0.4 is 10.1 Å². The lowest BCUT2D eigenvalue weighted by molar-refractivity contribution is -0.0205. The smallest absolute Gasteiger partial charge is 0.213 e. The Kier molecular flexibility index (Phi) is 3.22. The highest BCUT2D eigenvalue weighted by Crippen LogP contribution is 2.35. The van der Waals surface area contributed by atoms with E-state index in [2.05, 4.69) is 10.3 Å². The Morgan fingerprint density at radius 2 is 2.28 bits per heavy atom. The zero-order valence-electron chi connectivity index (χ0n) is 10.8. The van der Waals surface area contributed by atoms with E-state index in [0.29, 0.717) is 6.61 Å². The molecule has 0 amide bonds. The summed E-state index contributed by atoms with van der Waals surface area (Å²) in [5.41, 5.74) is 1.23. The molecule has 2 saturated heterocycles. The first kappa shape index (κ1) is 11.9. The van der Waals surface area contributed by atoms with Crippen molar-refractivity contribution in [3.8, 4) is 5.88 Å². The van der Waals surface area contributed by atoms with Gasteiger partial charge < -0.3 is 14.8 Å². The van der Waals surface area contributed by atoms with Gasteiger partial charge in [0.2, 0.25) is 5.88 Å². The number of hydrogen-bond donors (Lipinski definition) is 1. The predicted octanol–water partition coefficient (Wildman–Crippen LogP) is 1.68.